The second-order valence-corrected chi connectivity index (χ2v) is 5.25. The van der Waals surface area contributed by atoms with Crippen LogP contribution in [0.4, 0.5) is 0 Å². The number of para-hydroxylation sites is 1. The van der Waals surface area contributed by atoms with Crippen molar-refractivity contribution in [3.8, 4) is 5.75 Å². The quantitative estimate of drug-likeness (QED) is 0.720. The van der Waals surface area contributed by atoms with E-state index >= 15 is 0 Å². The number of hydrogen-bond donors (Lipinski definition) is 1. The van der Waals surface area contributed by atoms with Crippen LogP contribution in [-0.2, 0) is 0 Å². The van der Waals surface area contributed by atoms with Crippen molar-refractivity contribution in [1.82, 2.24) is 5.32 Å². The average molecular weight is 249 g/mol. The molecule has 0 radical (unpaired) electrons. The molecular formula is C16H27NO. The van der Waals surface area contributed by atoms with Crippen LogP contribution in [0.3, 0.4) is 0 Å². The number of hydrogen-bond acceptors (Lipinski definition) is 2. The summed E-state index contributed by atoms with van der Waals surface area (Å²) < 4.78 is 5.77. The van der Waals surface area contributed by atoms with Crippen LogP contribution in [0, 0.1) is 11.8 Å². The highest BCUT2D eigenvalue weighted by atomic mass is 16.5. The van der Waals surface area contributed by atoms with Crippen LogP contribution in [0.2, 0.25) is 0 Å². The molecule has 0 aromatic heterocycles. The summed E-state index contributed by atoms with van der Waals surface area (Å²) in [6.45, 7) is 9.70. The van der Waals surface area contributed by atoms with Crippen molar-refractivity contribution in [2.75, 3.05) is 19.7 Å². The molecule has 1 rings (SSSR count). The monoisotopic (exact) mass is 249 g/mol. The lowest BCUT2D eigenvalue weighted by molar-refractivity contribution is 0.257. The highest BCUT2D eigenvalue weighted by Crippen LogP contribution is 2.16. The molecule has 0 aliphatic carbocycles. The molecule has 1 atom stereocenters. The van der Waals surface area contributed by atoms with E-state index in [1.165, 1.54) is 6.42 Å². The Morgan fingerprint density at radius 1 is 1.17 bits per heavy atom. The van der Waals surface area contributed by atoms with E-state index < -0.39 is 0 Å². The van der Waals surface area contributed by atoms with Gasteiger partial charge in [-0.15, -0.1) is 0 Å². The van der Waals surface area contributed by atoms with Gasteiger partial charge in [-0.1, -0.05) is 39.0 Å². The summed E-state index contributed by atoms with van der Waals surface area (Å²) in [6, 6.07) is 10.1. The van der Waals surface area contributed by atoms with Gasteiger partial charge >= 0.3 is 0 Å². The molecule has 0 aliphatic rings. The number of rotatable bonds is 9. The maximum Gasteiger partial charge on any atom is 0.119 e. The fraction of sp³-hybridized carbons (Fsp3) is 0.625. The summed E-state index contributed by atoms with van der Waals surface area (Å²) in [5.74, 6) is 2.45. The number of ether oxygens (including phenoxy) is 1. The van der Waals surface area contributed by atoms with E-state index in [-0.39, 0.29) is 0 Å². The Kier molecular flexibility index (Phi) is 7.51. The summed E-state index contributed by atoms with van der Waals surface area (Å²) in [5.41, 5.74) is 0. The van der Waals surface area contributed by atoms with E-state index in [0.29, 0.717) is 5.92 Å². The van der Waals surface area contributed by atoms with Crippen LogP contribution in [0.5, 0.6) is 5.75 Å². The average Bonchev–Trinajstić information content (AvgIpc) is 2.36. The van der Waals surface area contributed by atoms with E-state index in [9.17, 15) is 0 Å². The zero-order chi connectivity index (χ0) is 13.2. The topological polar surface area (TPSA) is 21.3 Å². The Balaban J connectivity index is 2.27. The minimum Gasteiger partial charge on any atom is -0.494 e. The molecule has 1 aromatic rings. The summed E-state index contributed by atoms with van der Waals surface area (Å²) in [6.07, 6.45) is 2.39. The van der Waals surface area contributed by atoms with E-state index in [1.807, 2.05) is 30.3 Å². The summed E-state index contributed by atoms with van der Waals surface area (Å²) >= 11 is 0. The van der Waals surface area contributed by atoms with Gasteiger partial charge in [0.1, 0.15) is 5.75 Å². The molecule has 2 heteroatoms. The predicted octanol–water partition coefficient (Wildman–Crippen LogP) is 3.73. The van der Waals surface area contributed by atoms with E-state index in [0.717, 1.165) is 37.8 Å². The molecule has 0 heterocycles. The largest absolute Gasteiger partial charge is 0.494 e. The maximum atomic E-state index is 5.77. The highest BCUT2D eigenvalue weighted by Gasteiger charge is 2.10. The zero-order valence-electron chi connectivity index (χ0n) is 12.0. The standard InChI is InChI=1S/C16H27NO/c1-4-17-13-15(12-14(2)3)10-11-18-16-8-6-5-7-9-16/h5-9,14-15,17H,4,10-13H2,1-3H3. The van der Waals surface area contributed by atoms with Gasteiger partial charge in [-0.3, -0.25) is 0 Å². The lowest BCUT2D eigenvalue weighted by Gasteiger charge is -2.19. The van der Waals surface area contributed by atoms with Crippen molar-refractivity contribution in [2.24, 2.45) is 11.8 Å². The molecule has 102 valence electrons. The molecule has 18 heavy (non-hydrogen) atoms. The third-order valence-electron chi connectivity index (χ3n) is 3.03. The van der Waals surface area contributed by atoms with Crippen LogP contribution in [0.25, 0.3) is 0 Å². The lowest BCUT2D eigenvalue weighted by atomic mass is 9.94. The van der Waals surface area contributed by atoms with E-state index in [4.69, 9.17) is 4.74 Å². The van der Waals surface area contributed by atoms with Crippen LogP contribution in [0.1, 0.15) is 33.6 Å². The van der Waals surface area contributed by atoms with Crippen molar-refractivity contribution in [3.63, 3.8) is 0 Å². The summed E-state index contributed by atoms with van der Waals surface area (Å²) in [4.78, 5) is 0. The van der Waals surface area contributed by atoms with Gasteiger partial charge < -0.3 is 10.1 Å². The molecule has 0 fully saturated rings. The van der Waals surface area contributed by atoms with E-state index in [2.05, 4.69) is 26.1 Å². The van der Waals surface area contributed by atoms with Gasteiger partial charge in [-0.25, -0.2) is 0 Å². The van der Waals surface area contributed by atoms with Crippen molar-refractivity contribution < 1.29 is 4.74 Å². The van der Waals surface area contributed by atoms with Gasteiger partial charge in [-0.05, 0) is 49.9 Å². The van der Waals surface area contributed by atoms with E-state index in [1.54, 1.807) is 0 Å². The second-order valence-electron chi connectivity index (χ2n) is 5.25. The molecular weight excluding hydrogens is 222 g/mol. The third kappa shape index (κ3) is 6.65. The van der Waals surface area contributed by atoms with Gasteiger partial charge in [0.15, 0.2) is 0 Å². The van der Waals surface area contributed by atoms with Crippen LogP contribution in [-0.4, -0.2) is 19.7 Å². The molecule has 2 nitrogen and oxygen atoms in total. The first-order valence-electron chi connectivity index (χ1n) is 7.11. The van der Waals surface area contributed by atoms with Crippen LogP contribution < -0.4 is 10.1 Å². The smallest absolute Gasteiger partial charge is 0.119 e. The first kappa shape index (κ1) is 15.0. The SMILES string of the molecule is CCNCC(CCOc1ccccc1)CC(C)C. The first-order chi connectivity index (χ1) is 8.72. The molecule has 1 N–H and O–H groups in total. The Bertz CT molecular complexity index is 297. The van der Waals surface area contributed by atoms with Gasteiger partial charge in [0.2, 0.25) is 0 Å². The van der Waals surface area contributed by atoms with Gasteiger partial charge in [-0.2, -0.15) is 0 Å². The normalized spacial score (nSPS) is 12.7. The van der Waals surface area contributed by atoms with Gasteiger partial charge in [0, 0.05) is 0 Å². The van der Waals surface area contributed by atoms with Crippen LogP contribution >= 0.6 is 0 Å². The van der Waals surface area contributed by atoms with Crippen molar-refractivity contribution >= 4 is 0 Å². The fourth-order valence-corrected chi connectivity index (χ4v) is 2.18. The molecule has 0 saturated carbocycles. The van der Waals surface area contributed by atoms with Crippen molar-refractivity contribution in [1.29, 1.82) is 0 Å². The Hall–Kier alpha value is -1.02. The fourth-order valence-electron chi connectivity index (χ4n) is 2.18. The van der Waals surface area contributed by atoms with Crippen LogP contribution in [0.15, 0.2) is 30.3 Å². The maximum absolute atomic E-state index is 5.77. The molecule has 1 unspecified atom stereocenters. The Morgan fingerprint density at radius 3 is 2.50 bits per heavy atom. The molecule has 1 aromatic carbocycles. The van der Waals surface area contributed by atoms with Crippen molar-refractivity contribution in [2.45, 2.75) is 33.6 Å². The van der Waals surface area contributed by atoms with Gasteiger partial charge in [0.05, 0.1) is 6.61 Å². The molecule has 0 saturated heterocycles. The summed E-state index contributed by atoms with van der Waals surface area (Å²) in [7, 11) is 0. The second kappa shape index (κ2) is 8.98. The predicted molar refractivity (Wildman–Crippen MR) is 78.0 cm³/mol. The zero-order valence-corrected chi connectivity index (χ0v) is 12.0. The molecule has 0 spiro atoms. The lowest BCUT2D eigenvalue weighted by Crippen LogP contribution is -2.25. The first-order valence-corrected chi connectivity index (χ1v) is 7.11. The molecule has 0 aliphatic heterocycles. The number of benzene rings is 1. The molecule has 0 bridgehead atoms. The minimum atomic E-state index is 0.716. The minimum absolute atomic E-state index is 0.716. The van der Waals surface area contributed by atoms with Gasteiger partial charge in [0.25, 0.3) is 0 Å². The highest BCUT2D eigenvalue weighted by molar-refractivity contribution is 5.20. The summed E-state index contributed by atoms with van der Waals surface area (Å²) in [5, 5.41) is 3.45. The Labute approximate surface area is 112 Å². The van der Waals surface area contributed by atoms with Crippen molar-refractivity contribution in [3.05, 3.63) is 30.3 Å². The third-order valence-corrected chi connectivity index (χ3v) is 3.03. The molecule has 0 amide bonds. The number of nitrogens with one attached hydrogen (secondary N) is 1. The Morgan fingerprint density at radius 2 is 1.89 bits per heavy atom.